The number of methoxy groups -OCH3 is 1. The van der Waals surface area contributed by atoms with Gasteiger partial charge in [0, 0.05) is 21.9 Å². The van der Waals surface area contributed by atoms with Gasteiger partial charge in [0.2, 0.25) is 0 Å². The van der Waals surface area contributed by atoms with Crippen LogP contribution in [0.4, 0.5) is 5.69 Å². The van der Waals surface area contributed by atoms with Crippen LogP contribution in [0.3, 0.4) is 0 Å². The first-order valence-electron chi connectivity index (χ1n) is 6.29. The molecule has 2 N–H and O–H groups in total. The lowest BCUT2D eigenvalue weighted by atomic mass is 9.91. The van der Waals surface area contributed by atoms with Gasteiger partial charge in [0.1, 0.15) is 5.75 Å². The summed E-state index contributed by atoms with van der Waals surface area (Å²) in [4.78, 5) is 1.22. The first kappa shape index (κ1) is 12.6. The molecule has 1 saturated carbocycles. The third-order valence-corrected chi connectivity index (χ3v) is 4.84. The number of hydrogen-bond donors (Lipinski definition) is 1. The van der Waals surface area contributed by atoms with Crippen molar-refractivity contribution in [2.75, 3.05) is 12.8 Å². The minimum atomic E-state index is 0.740. The summed E-state index contributed by atoms with van der Waals surface area (Å²) < 4.78 is 5.39. The Bertz CT molecular complexity index is 372. The molecule has 0 bridgehead atoms. The van der Waals surface area contributed by atoms with Gasteiger partial charge < -0.3 is 10.5 Å². The molecular weight excluding hydrogens is 230 g/mol. The van der Waals surface area contributed by atoms with Crippen LogP contribution in [0.2, 0.25) is 0 Å². The topological polar surface area (TPSA) is 35.2 Å². The molecule has 0 atom stereocenters. The minimum absolute atomic E-state index is 0.740. The van der Waals surface area contributed by atoms with E-state index in [0.717, 1.165) is 22.6 Å². The second-order valence-electron chi connectivity index (χ2n) is 4.91. The predicted molar refractivity (Wildman–Crippen MR) is 74.7 cm³/mol. The molecule has 0 radical (unpaired) electrons. The van der Waals surface area contributed by atoms with Crippen molar-refractivity contribution < 1.29 is 4.74 Å². The van der Waals surface area contributed by atoms with E-state index in [-0.39, 0.29) is 0 Å². The SMILES string of the molecule is COc1cc(N)ccc1SC1CCC(C)CC1. The quantitative estimate of drug-likeness (QED) is 0.826. The summed E-state index contributed by atoms with van der Waals surface area (Å²) in [6.45, 7) is 2.35. The van der Waals surface area contributed by atoms with Gasteiger partial charge in [-0.3, -0.25) is 0 Å². The van der Waals surface area contributed by atoms with Gasteiger partial charge in [-0.25, -0.2) is 0 Å². The Morgan fingerprint density at radius 2 is 1.94 bits per heavy atom. The Labute approximate surface area is 108 Å². The first-order chi connectivity index (χ1) is 8.19. The highest BCUT2D eigenvalue weighted by Crippen LogP contribution is 2.40. The number of nitrogens with two attached hydrogens (primary N) is 1. The van der Waals surface area contributed by atoms with Crippen molar-refractivity contribution in [1.29, 1.82) is 0 Å². The number of anilines is 1. The molecular formula is C14H21NOS. The molecule has 1 aliphatic carbocycles. The fourth-order valence-electron chi connectivity index (χ4n) is 2.31. The van der Waals surface area contributed by atoms with Crippen molar-refractivity contribution in [2.45, 2.75) is 42.8 Å². The molecule has 3 heteroatoms. The van der Waals surface area contributed by atoms with E-state index in [2.05, 4.69) is 13.0 Å². The van der Waals surface area contributed by atoms with E-state index < -0.39 is 0 Å². The highest BCUT2D eigenvalue weighted by molar-refractivity contribution is 8.00. The highest BCUT2D eigenvalue weighted by atomic mass is 32.2. The summed E-state index contributed by atoms with van der Waals surface area (Å²) in [6.07, 6.45) is 5.35. The van der Waals surface area contributed by atoms with Crippen LogP contribution in [-0.2, 0) is 0 Å². The van der Waals surface area contributed by atoms with E-state index in [9.17, 15) is 0 Å². The molecule has 0 aliphatic heterocycles. The lowest BCUT2D eigenvalue weighted by Gasteiger charge is -2.26. The summed E-state index contributed by atoms with van der Waals surface area (Å²) in [5, 5.41) is 0.740. The van der Waals surface area contributed by atoms with E-state index in [0.29, 0.717) is 0 Å². The van der Waals surface area contributed by atoms with Crippen LogP contribution in [0.5, 0.6) is 5.75 Å². The molecule has 17 heavy (non-hydrogen) atoms. The van der Waals surface area contributed by atoms with Crippen LogP contribution in [0.15, 0.2) is 23.1 Å². The van der Waals surface area contributed by atoms with Gasteiger partial charge >= 0.3 is 0 Å². The van der Waals surface area contributed by atoms with Crippen LogP contribution in [0.25, 0.3) is 0 Å². The Kier molecular flexibility index (Phi) is 4.21. The molecule has 0 amide bonds. The molecule has 0 spiro atoms. The van der Waals surface area contributed by atoms with Crippen molar-refractivity contribution in [3.05, 3.63) is 18.2 Å². The van der Waals surface area contributed by atoms with E-state index in [4.69, 9.17) is 10.5 Å². The number of benzene rings is 1. The zero-order valence-electron chi connectivity index (χ0n) is 10.6. The number of rotatable bonds is 3. The fourth-order valence-corrected chi connectivity index (χ4v) is 3.58. The standard InChI is InChI=1S/C14H21NOS/c1-10-3-6-12(7-4-10)17-14-8-5-11(15)9-13(14)16-2/h5,8-10,12H,3-4,6-7,15H2,1-2H3. The zero-order chi connectivity index (χ0) is 12.3. The Morgan fingerprint density at radius 1 is 1.24 bits per heavy atom. The van der Waals surface area contributed by atoms with Crippen LogP contribution >= 0.6 is 11.8 Å². The average Bonchev–Trinajstić information content (AvgIpc) is 2.34. The second-order valence-corrected chi connectivity index (χ2v) is 6.25. The average molecular weight is 251 g/mol. The van der Waals surface area contributed by atoms with E-state index >= 15 is 0 Å². The largest absolute Gasteiger partial charge is 0.496 e. The van der Waals surface area contributed by atoms with Crippen LogP contribution in [-0.4, -0.2) is 12.4 Å². The Balaban J connectivity index is 2.03. The van der Waals surface area contributed by atoms with Gasteiger partial charge in [-0.05, 0) is 43.7 Å². The Morgan fingerprint density at radius 3 is 2.59 bits per heavy atom. The summed E-state index contributed by atoms with van der Waals surface area (Å²) in [5.74, 6) is 1.81. The maximum atomic E-state index is 5.77. The van der Waals surface area contributed by atoms with Gasteiger partial charge in [-0.1, -0.05) is 6.92 Å². The number of ether oxygens (including phenoxy) is 1. The molecule has 1 aromatic rings. The molecule has 94 valence electrons. The van der Waals surface area contributed by atoms with Crippen molar-refractivity contribution in [2.24, 2.45) is 5.92 Å². The summed E-state index contributed by atoms with van der Waals surface area (Å²) in [5.41, 5.74) is 6.53. The molecule has 2 rings (SSSR count). The monoisotopic (exact) mass is 251 g/mol. The van der Waals surface area contributed by atoms with Gasteiger partial charge in [0.05, 0.1) is 7.11 Å². The zero-order valence-corrected chi connectivity index (χ0v) is 11.4. The van der Waals surface area contributed by atoms with Gasteiger partial charge in [0.15, 0.2) is 0 Å². The van der Waals surface area contributed by atoms with Crippen molar-refractivity contribution in [1.82, 2.24) is 0 Å². The minimum Gasteiger partial charge on any atom is -0.496 e. The molecule has 1 aromatic carbocycles. The highest BCUT2D eigenvalue weighted by Gasteiger charge is 2.20. The summed E-state index contributed by atoms with van der Waals surface area (Å²) in [7, 11) is 1.71. The van der Waals surface area contributed by atoms with E-state index in [1.165, 1.54) is 30.6 Å². The number of thioether (sulfide) groups is 1. The third-order valence-electron chi connectivity index (χ3n) is 3.44. The number of hydrogen-bond acceptors (Lipinski definition) is 3. The Hall–Kier alpha value is -0.830. The van der Waals surface area contributed by atoms with Gasteiger partial charge in [-0.2, -0.15) is 0 Å². The summed E-state index contributed by atoms with van der Waals surface area (Å²) >= 11 is 1.95. The molecule has 0 aromatic heterocycles. The molecule has 0 saturated heterocycles. The first-order valence-corrected chi connectivity index (χ1v) is 7.17. The second kappa shape index (κ2) is 5.67. The van der Waals surface area contributed by atoms with Crippen molar-refractivity contribution >= 4 is 17.4 Å². The van der Waals surface area contributed by atoms with Crippen LogP contribution < -0.4 is 10.5 Å². The van der Waals surface area contributed by atoms with Crippen molar-refractivity contribution in [3.8, 4) is 5.75 Å². The molecule has 1 aliphatic rings. The predicted octanol–water partition coefficient (Wildman–Crippen LogP) is 3.95. The lowest BCUT2D eigenvalue weighted by Crippen LogP contribution is -2.13. The lowest BCUT2D eigenvalue weighted by molar-refractivity contribution is 0.391. The van der Waals surface area contributed by atoms with Gasteiger partial charge in [-0.15, -0.1) is 11.8 Å². The molecule has 0 unspecified atom stereocenters. The van der Waals surface area contributed by atoms with Crippen LogP contribution in [0, 0.1) is 5.92 Å². The smallest absolute Gasteiger partial charge is 0.134 e. The summed E-state index contributed by atoms with van der Waals surface area (Å²) in [6, 6.07) is 5.95. The maximum Gasteiger partial charge on any atom is 0.134 e. The molecule has 0 heterocycles. The van der Waals surface area contributed by atoms with Gasteiger partial charge in [0.25, 0.3) is 0 Å². The van der Waals surface area contributed by atoms with Crippen molar-refractivity contribution in [3.63, 3.8) is 0 Å². The van der Waals surface area contributed by atoms with E-state index in [1.807, 2.05) is 23.9 Å². The fraction of sp³-hybridized carbons (Fsp3) is 0.571. The normalized spacial score (nSPS) is 24.6. The van der Waals surface area contributed by atoms with Crippen LogP contribution in [0.1, 0.15) is 32.6 Å². The molecule has 2 nitrogen and oxygen atoms in total. The van der Waals surface area contributed by atoms with E-state index in [1.54, 1.807) is 7.11 Å². The number of nitrogen functional groups attached to an aromatic ring is 1. The maximum absolute atomic E-state index is 5.77. The molecule has 1 fully saturated rings. The third kappa shape index (κ3) is 3.32.